The highest BCUT2D eigenvalue weighted by Crippen LogP contribution is 2.47. The first kappa shape index (κ1) is 25.5. The molecule has 0 saturated carbocycles. The van der Waals surface area contributed by atoms with Gasteiger partial charge < -0.3 is 20.3 Å². The molecule has 1 aromatic heterocycles. The molecule has 1 aromatic carbocycles. The molecule has 2 aromatic rings. The number of H-pyrrole nitrogens is 1. The lowest BCUT2D eigenvalue weighted by atomic mass is 9.68. The molecule has 1 aliphatic heterocycles. The second-order valence-corrected chi connectivity index (χ2v) is 12.1. The number of hydrogen-bond acceptors (Lipinski definition) is 3. The molecule has 0 radical (unpaired) electrons. The minimum atomic E-state index is -4.32. The highest BCUT2D eigenvalue weighted by molar-refractivity contribution is 5.86. The maximum atomic E-state index is 13.4. The highest BCUT2D eigenvalue weighted by atomic mass is 19.4. The van der Waals surface area contributed by atoms with E-state index in [9.17, 15) is 18.3 Å². The predicted octanol–water partition coefficient (Wildman–Crippen LogP) is 5.56. The average Bonchev–Trinajstić information content (AvgIpc) is 3.14. The Morgan fingerprint density at radius 1 is 1.18 bits per heavy atom. The molecule has 0 spiro atoms. The van der Waals surface area contributed by atoms with Crippen molar-refractivity contribution in [3.8, 4) is 0 Å². The van der Waals surface area contributed by atoms with Crippen molar-refractivity contribution in [3.05, 3.63) is 35.0 Å². The molecule has 3 N–H and O–H groups in total. The monoisotopic (exact) mass is 479 g/mol. The van der Waals surface area contributed by atoms with Gasteiger partial charge in [0.05, 0.1) is 12.2 Å². The first-order valence-corrected chi connectivity index (χ1v) is 12.6. The Kier molecular flexibility index (Phi) is 6.86. The maximum Gasteiger partial charge on any atom is 0.416 e. The molecule has 0 amide bonds. The topological polar surface area (TPSA) is 51.3 Å². The summed E-state index contributed by atoms with van der Waals surface area (Å²) in [6, 6.07) is 4.11. The number of alkyl halides is 3. The van der Waals surface area contributed by atoms with Crippen molar-refractivity contribution >= 4 is 10.9 Å². The van der Waals surface area contributed by atoms with Crippen LogP contribution in [0.3, 0.4) is 0 Å². The predicted molar refractivity (Wildman–Crippen MR) is 131 cm³/mol. The first-order chi connectivity index (χ1) is 15.8. The fourth-order valence-corrected chi connectivity index (χ4v) is 5.81. The number of piperidine rings is 1. The molecule has 1 fully saturated rings. The summed E-state index contributed by atoms with van der Waals surface area (Å²) in [5.74, 6) is 1.27. The Morgan fingerprint density at radius 2 is 1.91 bits per heavy atom. The Bertz CT molecular complexity index is 1010. The van der Waals surface area contributed by atoms with Crippen LogP contribution in [0.2, 0.25) is 0 Å². The van der Waals surface area contributed by atoms with Crippen molar-refractivity contribution in [2.45, 2.75) is 71.5 Å². The van der Waals surface area contributed by atoms with E-state index in [0.29, 0.717) is 11.8 Å². The smallest absolute Gasteiger partial charge is 0.394 e. The molecule has 0 bridgehead atoms. The third kappa shape index (κ3) is 5.31. The number of aliphatic hydroxyl groups is 1. The van der Waals surface area contributed by atoms with E-state index < -0.39 is 11.7 Å². The van der Waals surface area contributed by atoms with Gasteiger partial charge in [0.15, 0.2) is 0 Å². The van der Waals surface area contributed by atoms with Crippen LogP contribution in [-0.2, 0) is 12.6 Å². The van der Waals surface area contributed by atoms with Gasteiger partial charge in [0.25, 0.3) is 0 Å². The SMILES string of the molecule is C[C@H]1c2c([nH]c3ccc(C(F)(F)F)cc23)C[C@H]2CCN(CCC(C)(C)CNC(C)(C)CO)C[C@@H]21. The van der Waals surface area contributed by atoms with Crippen LogP contribution in [0.1, 0.15) is 70.2 Å². The number of rotatable bonds is 7. The van der Waals surface area contributed by atoms with E-state index in [-0.39, 0.29) is 23.5 Å². The quantitative estimate of drug-likeness (QED) is 0.487. The Morgan fingerprint density at radius 3 is 2.59 bits per heavy atom. The summed E-state index contributed by atoms with van der Waals surface area (Å²) < 4.78 is 40.1. The molecular weight excluding hydrogens is 439 g/mol. The van der Waals surface area contributed by atoms with Crippen molar-refractivity contribution < 1.29 is 18.3 Å². The molecule has 1 saturated heterocycles. The van der Waals surface area contributed by atoms with Crippen LogP contribution in [0.5, 0.6) is 0 Å². The van der Waals surface area contributed by atoms with Gasteiger partial charge in [-0.15, -0.1) is 0 Å². The number of aliphatic hydroxyl groups excluding tert-OH is 1. The van der Waals surface area contributed by atoms with E-state index in [1.165, 1.54) is 12.1 Å². The van der Waals surface area contributed by atoms with Crippen molar-refractivity contribution in [1.29, 1.82) is 0 Å². The summed E-state index contributed by atoms with van der Waals surface area (Å²) in [6.07, 6.45) is -1.21. The number of halogens is 3. The number of likely N-dealkylation sites (tertiary alicyclic amines) is 1. The van der Waals surface area contributed by atoms with Crippen LogP contribution in [-0.4, -0.2) is 53.3 Å². The molecule has 2 heterocycles. The largest absolute Gasteiger partial charge is 0.416 e. The van der Waals surface area contributed by atoms with Gasteiger partial charge in [-0.05, 0) is 93.1 Å². The van der Waals surface area contributed by atoms with Gasteiger partial charge in [-0.3, -0.25) is 0 Å². The number of aromatic nitrogens is 1. The maximum absolute atomic E-state index is 13.4. The van der Waals surface area contributed by atoms with Gasteiger partial charge in [-0.2, -0.15) is 13.2 Å². The van der Waals surface area contributed by atoms with Crippen molar-refractivity contribution in [2.24, 2.45) is 17.3 Å². The lowest BCUT2D eigenvalue weighted by molar-refractivity contribution is -0.137. The van der Waals surface area contributed by atoms with Crippen LogP contribution in [0.4, 0.5) is 13.2 Å². The second kappa shape index (κ2) is 9.14. The summed E-state index contributed by atoms with van der Waals surface area (Å²) >= 11 is 0. The number of nitrogens with zero attached hydrogens (tertiary/aromatic N) is 1. The van der Waals surface area contributed by atoms with Crippen molar-refractivity contribution in [2.75, 3.05) is 32.8 Å². The number of nitrogens with one attached hydrogen (secondary N) is 2. The van der Waals surface area contributed by atoms with Gasteiger partial charge in [0, 0.05) is 35.2 Å². The standard InChI is InChI=1S/C27H40F3N3O/c1-17-21-14-33(11-9-25(2,3)15-31-26(4,5)16-34)10-8-18(21)12-23-24(17)20-13-19(27(28,29)30)6-7-22(20)32-23/h6-7,13,17-18,21,31-32,34H,8-12,14-16H2,1-5H3/t17-,18-,21-/m1/s1. The fraction of sp³-hybridized carbons (Fsp3) is 0.704. The zero-order chi connectivity index (χ0) is 24.9. The van der Waals surface area contributed by atoms with Crippen molar-refractivity contribution in [3.63, 3.8) is 0 Å². The molecule has 1 aliphatic carbocycles. The molecule has 0 unspecified atom stereocenters. The van der Waals surface area contributed by atoms with E-state index >= 15 is 0 Å². The van der Waals surface area contributed by atoms with Crippen LogP contribution in [0.25, 0.3) is 10.9 Å². The van der Waals surface area contributed by atoms with Crippen LogP contribution in [0, 0.1) is 17.3 Å². The van der Waals surface area contributed by atoms with Gasteiger partial charge in [0.2, 0.25) is 0 Å². The molecule has 4 rings (SSSR count). The lowest BCUT2D eigenvalue weighted by Crippen LogP contribution is -2.48. The Labute approximate surface area is 201 Å². The van der Waals surface area contributed by atoms with E-state index in [4.69, 9.17) is 0 Å². The molecular formula is C27H40F3N3O. The highest BCUT2D eigenvalue weighted by Gasteiger charge is 2.40. The second-order valence-electron chi connectivity index (χ2n) is 12.1. The first-order valence-electron chi connectivity index (χ1n) is 12.6. The van der Waals surface area contributed by atoms with E-state index in [1.54, 1.807) is 6.07 Å². The lowest BCUT2D eigenvalue weighted by Gasteiger charge is -2.45. The summed E-state index contributed by atoms with van der Waals surface area (Å²) in [7, 11) is 0. The zero-order valence-corrected chi connectivity index (χ0v) is 21.1. The molecule has 7 heteroatoms. The summed E-state index contributed by atoms with van der Waals surface area (Å²) in [5.41, 5.74) is 2.31. The fourth-order valence-electron chi connectivity index (χ4n) is 5.81. The minimum absolute atomic E-state index is 0.108. The van der Waals surface area contributed by atoms with Crippen LogP contribution >= 0.6 is 0 Å². The molecule has 34 heavy (non-hydrogen) atoms. The number of hydrogen-bond donors (Lipinski definition) is 3. The third-order valence-electron chi connectivity index (χ3n) is 8.25. The Hall–Kier alpha value is -1.57. The van der Waals surface area contributed by atoms with Crippen LogP contribution < -0.4 is 5.32 Å². The van der Waals surface area contributed by atoms with Gasteiger partial charge in [-0.25, -0.2) is 0 Å². The Balaban J connectivity index is 1.45. The van der Waals surface area contributed by atoms with E-state index in [0.717, 1.165) is 67.6 Å². The molecule has 4 nitrogen and oxygen atoms in total. The normalized spacial score (nSPS) is 24.3. The minimum Gasteiger partial charge on any atom is -0.394 e. The average molecular weight is 480 g/mol. The van der Waals surface area contributed by atoms with Crippen molar-refractivity contribution in [1.82, 2.24) is 15.2 Å². The molecule has 190 valence electrons. The third-order valence-corrected chi connectivity index (χ3v) is 8.25. The molecule has 3 atom stereocenters. The van der Waals surface area contributed by atoms with Gasteiger partial charge >= 0.3 is 6.18 Å². The van der Waals surface area contributed by atoms with E-state index in [2.05, 4.69) is 36.0 Å². The van der Waals surface area contributed by atoms with E-state index in [1.807, 2.05) is 13.8 Å². The molecule has 2 aliphatic rings. The van der Waals surface area contributed by atoms with Crippen LogP contribution in [0.15, 0.2) is 18.2 Å². The van der Waals surface area contributed by atoms with Gasteiger partial charge in [-0.1, -0.05) is 20.8 Å². The number of fused-ring (bicyclic) bond motifs is 4. The van der Waals surface area contributed by atoms with Gasteiger partial charge in [0.1, 0.15) is 0 Å². The number of aromatic amines is 1. The zero-order valence-electron chi connectivity index (χ0n) is 21.1. The summed E-state index contributed by atoms with van der Waals surface area (Å²) in [5, 5.41) is 13.7. The summed E-state index contributed by atoms with van der Waals surface area (Å²) in [6.45, 7) is 14.8. The number of benzene rings is 1. The summed E-state index contributed by atoms with van der Waals surface area (Å²) in [4.78, 5) is 5.99.